The van der Waals surface area contributed by atoms with E-state index in [1.165, 1.54) is 11.3 Å². The Labute approximate surface area is 98.0 Å². The Balaban J connectivity index is 2.91. The van der Waals surface area contributed by atoms with Gasteiger partial charge in [-0.2, -0.15) is 0 Å². The summed E-state index contributed by atoms with van der Waals surface area (Å²) in [5.74, 6) is 0. The second-order valence-corrected chi connectivity index (χ2v) is 5.00. The lowest BCUT2D eigenvalue weighted by Crippen LogP contribution is -1.91. The molecule has 3 nitrogen and oxygen atoms in total. The molecule has 0 amide bonds. The Kier molecular flexibility index (Phi) is 2.44. The Morgan fingerprint density at radius 1 is 1.57 bits per heavy atom. The van der Waals surface area contributed by atoms with Gasteiger partial charge in [-0.15, -0.1) is 11.3 Å². The van der Waals surface area contributed by atoms with Crippen molar-refractivity contribution >= 4 is 49.7 Å². The maximum Gasteiger partial charge on any atom is 0.288 e. The summed E-state index contributed by atoms with van der Waals surface area (Å²) in [6.07, 6.45) is 0. The Hall–Kier alpha value is -0.690. The molecule has 0 bridgehead atoms. The number of nitrogens with zero attached hydrogens (tertiary/aromatic N) is 1. The van der Waals surface area contributed by atoms with Crippen molar-refractivity contribution in [2.75, 3.05) is 0 Å². The number of hydrogen-bond acceptors (Lipinski definition) is 3. The van der Waals surface area contributed by atoms with Gasteiger partial charge in [0.1, 0.15) is 4.70 Å². The molecular weight excluding hydrogens is 313 g/mol. The SMILES string of the molecule is Cc1c(I)cc([N+](=O)[O-])c2sccc12. The number of nitro groups is 1. The Morgan fingerprint density at radius 2 is 2.29 bits per heavy atom. The van der Waals surface area contributed by atoms with Gasteiger partial charge in [0.25, 0.3) is 5.69 Å². The summed E-state index contributed by atoms with van der Waals surface area (Å²) in [5, 5.41) is 13.7. The average molecular weight is 319 g/mol. The lowest BCUT2D eigenvalue weighted by Gasteiger charge is -2.00. The molecule has 0 spiro atoms. The van der Waals surface area contributed by atoms with Crippen molar-refractivity contribution in [3.8, 4) is 0 Å². The molecule has 0 aliphatic heterocycles. The highest BCUT2D eigenvalue weighted by atomic mass is 127. The molecule has 14 heavy (non-hydrogen) atoms. The number of benzene rings is 1. The van der Waals surface area contributed by atoms with Crippen LogP contribution >= 0.6 is 33.9 Å². The summed E-state index contributed by atoms with van der Waals surface area (Å²) in [6.45, 7) is 1.99. The van der Waals surface area contributed by atoms with Gasteiger partial charge in [-0.1, -0.05) is 0 Å². The molecule has 2 aromatic rings. The van der Waals surface area contributed by atoms with E-state index < -0.39 is 0 Å². The summed E-state index contributed by atoms with van der Waals surface area (Å²) in [4.78, 5) is 10.5. The maximum absolute atomic E-state index is 10.8. The maximum atomic E-state index is 10.8. The fourth-order valence-electron chi connectivity index (χ4n) is 1.36. The van der Waals surface area contributed by atoms with Crippen LogP contribution in [0.4, 0.5) is 5.69 Å². The number of halogens is 1. The molecular formula is C9H6INO2S. The molecule has 0 radical (unpaired) electrons. The van der Waals surface area contributed by atoms with Crippen LogP contribution in [0.1, 0.15) is 5.56 Å². The van der Waals surface area contributed by atoms with Gasteiger partial charge in [0.05, 0.1) is 4.92 Å². The van der Waals surface area contributed by atoms with Crippen molar-refractivity contribution < 1.29 is 4.92 Å². The fraction of sp³-hybridized carbons (Fsp3) is 0.111. The van der Waals surface area contributed by atoms with E-state index in [4.69, 9.17) is 0 Å². The zero-order valence-electron chi connectivity index (χ0n) is 7.28. The summed E-state index contributed by atoms with van der Waals surface area (Å²) >= 11 is 3.55. The van der Waals surface area contributed by atoms with Gasteiger partial charge >= 0.3 is 0 Å². The highest BCUT2D eigenvalue weighted by Crippen LogP contribution is 2.35. The molecule has 72 valence electrons. The van der Waals surface area contributed by atoms with Crippen molar-refractivity contribution in [1.29, 1.82) is 0 Å². The molecule has 2 rings (SSSR count). The zero-order chi connectivity index (χ0) is 10.3. The van der Waals surface area contributed by atoms with E-state index in [2.05, 4.69) is 22.6 Å². The normalized spacial score (nSPS) is 10.7. The highest BCUT2D eigenvalue weighted by molar-refractivity contribution is 14.1. The summed E-state index contributed by atoms with van der Waals surface area (Å²) in [5.41, 5.74) is 1.33. The molecule has 5 heteroatoms. The van der Waals surface area contributed by atoms with Gasteiger partial charge in [0.2, 0.25) is 0 Å². The zero-order valence-corrected chi connectivity index (χ0v) is 10.3. The first kappa shape index (κ1) is 9.85. The monoisotopic (exact) mass is 319 g/mol. The summed E-state index contributed by atoms with van der Waals surface area (Å²) < 4.78 is 1.72. The van der Waals surface area contributed by atoms with Gasteiger partial charge in [-0.25, -0.2) is 0 Å². The van der Waals surface area contributed by atoms with Crippen LogP contribution < -0.4 is 0 Å². The predicted molar refractivity (Wildman–Crippen MR) is 65.9 cm³/mol. The summed E-state index contributed by atoms with van der Waals surface area (Å²) in [7, 11) is 0. The van der Waals surface area contributed by atoms with Gasteiger partial charge in [0.15, 0.2) is 0 Å². The van der Waals surface area contributed by atoms with Gasteiger partial charge in [-0.05, 0) is 46.5 Å². The van der Waals surface area contributed by atoms with Crippen molar-refractivity contribution in [3.05, 3.63) is 36.8 Å². The number of rotatable bonds is 1. The minimum atomic E-state index is -0.319. The number of fused-ring (bicyclic) bond motifs is 1. The van der Waals surface area contributed by atoms with Crippen LogP contribution in [0.3, 0.4) is 0 Å². The van der Waals surface area contributed by atoms with Crippen molar-refractivity contribution in [2.45, 2.75) is 6.92 Å². The third-order valence-electron chi connectivity index (χ3n) is 2.12. The first-order valence-corrected chi connectivity index (χ1v) is 5.88. The van der Waals surface area contributed by atoms with Crippen LogP contribution in [-0.2, 0) is 0 Å². The molecule has 0 aliphatic rings. The molecule has 1 aromatic heterocycles. The number of non-ortho nitro benzene ring substituents is 1. The quantitative estimate of drug-likeness (QED) is 0.457. The number of thiophene rings is 1. The van der Waals surface area contributed by atoms with E-state index in [9.17, 15) is 10.1 Å². The van der Waals surface area contributed by atoms with Gasteiger partial charge in [-0.3, -0.25) is 10.1 Å². The molecule has 0 fully saturated rings. The van der Waals surface area contributed by atoms with E-state index in [0.717, 1.165) is 19.2 Å². The largest absolute Gasteiger partial charge is 0.288 e. The molecule has 1 heterocycles. The van der Waals surface area contributed by atoms with Crippen molar-refractivity contribution in [2.24, 2.45) is 0 Å². The molecule has 0 saturated heterocycles. The van der Waals surface area contributed by atoms with Crippen molar-refractivity contribution in [1.82, 2.24) is 0 Å². The third-order valence-corrected chi connectivity index (χ3v) is 4.18. The van der Waals surface area contributed by atoms with Gasteiger partial charge in [0, 0.05) is 15.0 Å². The van der Waals surface area contributed by atoms with Crippen LogP contribution in [0.5, 0.6) is 0 Å². The minimum absolute atomic E-state index is 0.213. The lowest BCUT2D eigenvalue weighted by atomic mass is 10.1. The topological polar surface area (TPSA) is 43.1 Å². The number of aryl methyl sites for hydroxylation is 1. The predicted octanol–water partition coefficient (Wildman–Crippen LogP) is 3.72. The first-order chi connectivity index (χ1) is 6.61. The van der Waals surface area contributed by atoms with Crippen LogP contribution in [0.15, 0.2) is 17.5 Å². The van der Waals surface area contributed by atoms with E-state index in [1.54, 1.807) is 6.07 Å². The Bertz CT molecular complexity index is 521. The molecule has 0 saturated carbocycles. The van der Waals surface area contributed by atoms with Crippen LogP contribution in [0.25, 0.3) is 10.1 Å². The van der Waals surface area contributed by atoms with E-state index in [-0.39, 0.29) is 10.6 Å². The molecule has 0 unspecified atom stereocenters. The van der Waals surface area contributed by atoms with Crippen LogP contribution in [0, 0.1) is 20.6 Å². The molecule has 0 aliphatic carbocycles. The van der Waals surface area contributed by atoms with E-state index in [1.807, 2.05) is 18.4 Å². The lowest BCUT2D eigenvalue weighted by molar-refractivity contribution is -0.382. The first-order valence-electron chi connectivity index (χ1n) is 3.92. The highest BCUT2D eigenvalue weighted by Gasteiger charge is 2.16. The summed E-state index contributed by atoms with van der Waals surface area (Å²) in [6, 6.07) is 3.57. The van der Waals surface area contributed by atoms with E-state index in [0.29, 0.717) is 0 Å². The number of nitro benzene ring substituents is 1. The fourth-order valence-corrected chi connectivity index (χ4v) is 2.89. The average Bonchev–Trinajstić information content (AvgIpc) is 2.59. The Morgan fingerprint density at radius 3 is 2.93 bits per heavy atom. The standard InChI is InChI=1S/C9H6INO2S/c1-5-6-2-3-14-9(6)8(11(12)13)4-7(5)10/h2-4H,1H3. The smallest absolute Gasteiger partial charge is 0.258 e. The third kappa shape index (κ3) is 1.40. The van der Waals surface area contributed by atoms with Crippen molar-refractivity contribution in [3.63, 3.8) is 0 Å². The number of hydrogen-bond donors (Lipinski definition) is 0. The van der Waals surface area contributed by atoms with Crippen LogP contribution in [0.2, 0.25) is 0 Å². The second-order valence-electron chi connectivity index (χ2n) is 2.92. The van der Waals surface area contributed by atoms with E-state index >= 15 is 0 Å². The van der Waals surface area contributed by atoms with Crippen LogP contribution in [-0.4, -0.2) is 4.92 Å². The minimum Gasteiger partial charge on any atom is -0.258 e. The molecule has 1 aromatic carbocycles. The van der Waals surface area contributed by atoms with Gasteiger partial charge < -0.3 is 0 Å². The molecule has 0 atom stereocenters. The molecule has 0 N–H and O–H groups in total. The second kappa shape index (κ2) is 3.47.